The van der Waals surface area contributed by atoms with Gasteiger partial charge in [0.15, 0.2) is 5.82 Å². The number of nitrogens with one attached hydrogen (secondary N) is 1. The Morgan fingerprint density at radius 2 is 1.81 bits per heavy atom. The van der Waals surface area contributed by atoms with E-state index < -0.39 is 0 Å². The van der Waals surface area contributed by atoms with Crippen LogP contribution in [-0.4, -0.2) is 15.3 Å². The number of aromatic amines is 1. The van der Waals surface area contributed by atoms with Crippen LogP contribution in [-0.2, 0) is 6.42 Å². The van der Waals surface area contributed by atoms with Crippen LogP contribution in [0.25, 0.3) is 22.0 Å². The largest absolute Gasteiger partial charge is 0.507 e. The fourth-order valence-corrected chi connectivity index (χ4v) is 3.28. The normalized spacial score (nSPS) is 12.3. The molecule has 0 radical (unpaired) electrons. The molecule has 4 aromatic rings. The number of rotatable bonds is 4. The standard InChI is InChI=1S/C21H20N4O/c22-18(11-13-5-2-1-3-6-13)16-8-4-7-15(20(16)26)14-9-10-17-19(12-14)24-25-21(17)23/h1-10,12,18,26H,11,22H2,(H3,23,24,25). The van der Waals surface area contributed by atoms with Crippen molar-refractivity contribution in [2.75, 3.05) is 5.73 Å². The second kappa shape index (κ2) is 6.54. The third-order valence-corrected chi connectivity index (χ3v) is 4.67. The zero-order valence-electron chi connectivity index (χ0n) is 14.2. The molecule has 0 spiro atoms. The van der Waals surface area contributed by atoms with Crippen molar-refractivity contribution in [2.45, 2.75) is 12.5 Å². The number of phenols is 1. The molecule has 0 aliphatic carbocycles. The number of aromatic nitrogens is 2. The quantitative estimate of drug-likeness (QED) is 0.453. The highest BCUT2D eigenvalue weighted by Crippen LogP contribution is 2.36. The summed E-state index contributed by atoms with van der Waals surface area (Å²) in [6.07, 6.45) is 0.661. The van der Waals surface area contributed by atoms with Crippen molar-refractivity contribution >= 4 is 16.7 Å². The fraction of sp³-hybridized carbons (Fsp3) is 0.0952. The van der Waals surface area contributed by atoms with Gasteiger partial charge in [0.25, 0.3) is 0 Å². The summed E-state index contributed by atoms with van der Waals surface area (Å²) in [4.78, 5) is 0. The molecule has 130 valence electrons. The number of fused-ring (bicyclic) bond motifs is 1. The first kappa shape index (κ1) is 16.2. The molecular weight excluding hydrogens is 324 g/mol. The second-order valence-corrected chi connectivity index (χ2v) is 6.41. The van der Waals surface area contributed by atoms with Gasteiger partial charge < -0.3 is 16.6 Å². The minimum atomic E-state index is -0.288. The molecule has 0 aliphatic rings. The molecule has 0 aliphatic heterocycles. The summed E-state index contributed by atoms with van der Waals surface area (Å²) in [5.41, 5.74) is 16.5. The van der Waals surface area contributed by atoms with Gasteiger partial charge in [0, 0.05) is 22.6 Å². The molecule has 1 heterocycles. The Kier molecular flexibility index (Phi) is 4.07. The molecule has 26 heavy (non-hydrogen) atoms. The number of nitrogens with zero attached hydrogens (tertiary/aromatic N) is 1. The van der Waals surface area contributed by atoms with Crippen LogP contribution in [0.4, 0.5) is 5.82 Å². The van der Waals surface area contributed by atoms with Gasteiger partial charge >= 0.3 is 0 Å². The van der Waals surface area contributed by atoms with Crippen LogP contribution in [0.3, 0.4) is 0 Å². The second-order valence-electron chi connectivity index (χ2n) is 6.41. The Labute approximate surface area is 151 Å². The number of hydrogen-bond acceptors (Lipinski definition) is 4. The number of nitrogen functional groups attached to an aromatic ring is 1. The molecule has 1 unspecified atom stereocenters. The van der Waals surface area contributed by atoms with Crippen LogP contribution in [0.2, 0.25) is 0 Å². The van der Waals surface area contributed by atoms with Crippen LogP contribution >= 0.6 is 0 Å². The first-order valence-electron chi connectivity index (χ1n) is 8.49. The smallest absolute Gasteiger partial charge is 0.153 e. The van der Waals surface area contributed by atoms with E-state index in [9.17, 15) is 5.11 Å². The number of phenolic OH excluding ortho intramolecular Hbond substituents is 1. The summed E-state index contributed by atoms with van der Waals surface area (Å²) in [6, 6.07) is 21.2. The highest BCUT2D eigenvalue weighted by Gasteiger charge is 2.16. The Balaban J connectivity index is 1.70. The Morgan fingerprint density at radius 3 is 2.62 bits per heavy atom. The van der Waals surface area contributed by atoms with E-state index in [2.05, 4.69) is 10.2 Å². The van der Waals surface area contributed by atoms with Crippen LogP contribution in [0.5, 0.6) is 5.75 Å². The zero-order chi connectivity index (χ0) is 18.1. The molecule has 1 aromatic heterocycles. The van der Waals surface area contributed by atoms with Gasteiger partial charge in [0.05, 0.1) is 5.52 Å². The van der Waals surface area contributed by atoms with E-state index in [1.807, 2.05) is 66.7 Å². The number of para-hydroxylation sites is 1. The molecule has 0 fully saturated rings. The lowest BCUT2D eigenvalue weighted by Crippen LogP contribution is -2.13. The molecule has 0 saturated heterocycles. The number of anilines is 1. The summed E-state index contributed by atoms with van der Waals surface area (Å²) in [6.45, 7) is 0. The van der Waals surface area contributed by atoms with Gasteiger partial charge in [-0.25, -0.2) is 0 Å². The molecule has 0 saturated carbocycles. The average Bonchev–Trinajstić information content (AvgIpc) is 3.03. The van der Waals surface area contributed by atoms with Gasteiger partial charge in [0.2, 0.25) is 0 Å². The molecule has 6 N–H and O–H groups in total. The predicted molar refractivity (Wildman–Crippen MR) is 105 cm³/mol. The van der Waals surface area contributed by atoms with Crippen molar-refractivity contribution in [3.8, 4) is 16.9 Å². The minimum absolute atomic E-state index is 0.211. The number of aromatic hydroxyl groups is 1. The van der Waals surface area contributed by atoms with Gasteiger partial charge in [-0.3, -0.25) is 5.10 Å². The van der Waals surface area contributed by atoms with Gasteiger partial charge in [-0.1, -0.05) is 54.6 Å². The lowest BCUT2D eigenvalue weighted by molar-refractivity contribution is 0.463. The van der Waals surface area contributed by atoms with Crippen LogP contribution < -0.4 is 11.5 Å². The van der Waals surface area contributed by atoms with Crippen molar-refractivity contribution in [1.82, 2.24) is 10.2 Å². The van der Waals surface area contributed by atoms with Crippen LogP contribution in [0, 0.1) is 0 Å². The molecule has 0 bridgehead atoms. The minimum Gasteiger partial charge on any atom is -0.507 e. The maximum absolute atomic E-state index is 10.8. The summed E-state index contributed by atoms with van der Waals surface area (Å²) in [5, 5.41) is 18.6. The topological polar surface area (TPSA) is 101 Å². The third kappa shape index (κ3) is 2.89. The van der Waals surface area contributed by atoms with E-state index >= 15 is 0 Å². The van der Waals surface area contributed by atoms with Crippen molar-refractivity contribution in [2.24, 2.45) is 5.73 Å². The molecule has 5 heteroatoms. The van der Waals surface area contributed by atoms with Gasteiger partial charge in [-0.15, -0.1) is 0 Å². The summed E-state index contributed by atoms with van der Waals surface area (Å²) < 4.78 is 0. The molecular formula is C21H20N4O. The van der Waals surface area contributed by atoms with Gasteiger partial charge in [-0.2, -0.15) is 5.10 Å². The monoisotopic (exact) mass is 344 g/mol. The molecule has 4 rings (SSSR count). The molecule has 3 aromatic carbocycles. The van der Waals surface area contributed by atoms with E-state index in [0.29, 0.717) is 12.2 Å². The number of hydrogen-bond donors (Lipinski definition) is 4. The van der Waals surface area contributed by atoms with Crippen LogP contribution in [0.1, 0.15) is 17.2 Å². The first-order valence-corrected chi connectivity index (χ1v) is 8.49. The predicted octanol–water partition coefficient (Wildman–Crippen LogP) is 3.76. The van der Waals surface area contributed by atoms with E-state index in [4.69, 9.17) is 11.5 Å². The van der Waals surface area contributed by atoms with Crippen molar-refractivity contribution < 1.29 is 5.11 Å². The fourth-order valence-electron chi connectivity index (χ4n) is 3.28. The highest BCUT2D eigenvalue weighted by atomic mass is 16.3. The van der Waals surface area contributed by atoms with Crippen molar-refractivity contribution in [3.63, 3.8) is 0 Å². The highest BCUT2D eigenvalue weighted by molar-refractivity contribution is 5.92. The van der Waals surface area contributed by atoms with Crippen molar-refractivity contribution in [1.29, 1.82) is 0 Å². The summed E-state index contributed by atoms with van der Waals surface area (Å²) >= 11 is 0. The van der Waals surface area contributed by atoms with Gasteiger partial charge in [0.1, 0.15) is 5.75 Å². The summed E-state index contributed by atoms with van der Waals surface area (Å²) in [5.74, 6) is 0.678. The summed E-state index contributed by atoms with van der Waals surface area (Å²) in [7, 11) is 0. The Bertz CT molecular complexity index is 1060. The van der Waals surface area contributed by atoms with E-state index in [0.717, 1.165) is 33.2 Å². The number of benzene rings is 3. The van der Waals surface area contributed by atoms with Crippen molar-refractivity contribution in [3.05, 3.63) is 77.9 Å². The molecule has 1 atom stereocenters. The van der Waals surface area contributed by atoms with E-state index in [-0.39, 0.29) is 11.8 Å². The van der Waals surface area contributed by atoms with E-state index in [1.54, 1.807) is 0 Å². The van der Waals surface area contributed by atoms with Gasteiger partial charge in [-0.05, 0) is 29.7 Å². The Morgan fingerprint density at radius 1 is 1.00 bits per heavy atom. The zero-order valence-corrected chi connectivity index (χ0v) is 14.2. The first-order chi connectivity index (χ1) is 12.6. The molecule has 0 amide bonds. The lowest BCUT2D eigenvalue weighted by atomic mass is 9.94. The Hall–Kier alpha value is -3.31. The third-order valence-electron chi connectivity index (χ3n) is 4.67. The lowest BCUT2D eigenvalue weighted by Gasteiger charge is -2.16. The maximum atomic E-state index is 10.8. The van der Waals surface area contributed by atoms with E-state index in [1.165, 1.54) is 0 Å². The number of H-pyrrole nitrogens is 1. The maximum Gasteiger partial charge on any atom is 0.153 e. The molecule has 5 nitrogen and oxygen atoms in total. The van der Waals surface area contributed by atoms with Crippen LogP contribution in [0.15, 0.2) is 66.7 Å². The average molecular weight is 344 g/mol. The SMILES string of the molecule is Nc1n[nH]c2cc(-c3cccc(C(N)Cc4ccccc4)c3O)ccc12. The number of nitrogens with two attached hydrogens (primary N) is 2.